The Labute approximate surface area is 162 Å². The Morgan fingerprint density at radius 3 is 2.64 bits per heavy atom. The molecule has 1 aliphatic heterocycles. The van der Waals surface area contributed by atoms with E-state index in [4.69, 9.17) is 9.47 Å². The van der Waals surface area contributed by atoms with Crippen LogP contribution in [0.1, 0.15) is 11.1 Å². The van der Waals surface area contributed by atoms with Gasteiger partial charge in [-0.05, 0) is 42.8 Å². The zero-order valence-corrected chi connectivity index (χ0v) is 15.5. The van der Waals surface area contributed by atoms with Gasteiger partial charge >= 0.3 is 0 Å². The van der Waals surface area contributed by atoms with Gasteiger partial charge in [0.05, 0.1) is 23.8 Å². The van der Waals surface area contributed by atoms with E-state index in [0.29, 0.717) is 43.3 Å². The van der Waals surface area contributed by atoms with E-state index in [2.05, 4.69) is 4.99 Å². The van der Waals surface area contributed by atoms with Gasteiger partial charge in [0.25, 0.3) is 11.6 Å². The summed E-state index contributed by atoms with van der Waals surface area (Å²) in [5, 5.41) is 11.0. The second-order valence-corrected chi connectivity index (χ2v) is 6.34. The van der Waals surface area contributed by atoms with Gasteiger partial charge in [-0.2, -0.15) is 0 Å². The number of nitro groups is 1. The molecule has 0 aliphatic carbocycles. The van der Waals surface area contributed by atoms with Crippen molar-refractivity contribution in [3.8, 4) is 5.75 Å². The maximum atomic E-state index is 12.1. The normalized spacial score (nSPS) is 14.2. The fourth-order valence-corrected chi connectivity index (χ4v) is 2.72. The van der Waals surface area contributed by atoms with Crippen molar-refractivity contribution in [2.75, 3.05) is 32.9 Å². The minimum atomic E-state index is -0.418. The van der Waals surface area contributed by atoms with Crippen molar-refractivity contribution in [3.05, 3.63) is 63.7 Å². The molecule has 28 heavy (non-hydrogen) atoms. The van der Waals surface area contributed by atoms with Crippen LogP contribution in [0.2, 0.25) is 0 Å². The Balaban J connectivity index is 1.57. The molecule has 2 aromatic rings. The molecule has 0 radical (unpaired) electrons. The number of rotatable bonds is 6. The average molecular weight is 383 g/mol. The highest BCUT2D eigenvalue weighted by atomic mass is 16.6. The zero-order valence-electron chi connectivity index (χ0n) is 15.5. The van der Waals surface area contributed by atoms with Gasteiger partial charge in [0.15, 0.2) is 6.61 Å². The Morgan fingerprint density at radius 1 is 1.25 bits per heavy atom. The van der Waals surface area contributed by atoms with Crippen LogP contribution in [0.4, 0.5) is 11.4 Å². The predicted octanol–water partition coefficient (Wildman–Crippen LogP) is 2.89. The second kappa shape index (κ2) is 9.09. The van der Waals surface area contributed by atoms with Crippen LogP contribution in [-0.4, -0.2) is 54.9 Å². The molecule has 1 amide bonds. The summed E-state index contributed by atoms with van der Waals surface area (Å²) >= 11 is 0. The van der Waals surface area contributed by atoms with Gasteiger partial charge in [-0.3, -0.25) is 19.9 Å². The van der Waals surface area contributed by atoms with Crippen LogP contribution in [0.15, 0.2) is 47.5 Å². The largest absolute Gasteiger partial charge is 0.484 e. The van der Waals surface area contributed by atoms with E-state index in [1.165, 1.54) is 6.07 Å². The summed E-state index contributed by atoms with van der Waals surface area (Å²) in [6.45, 7) is 3.98. The van der Waals surface area contributed by atoms with E-state index in [-0.39, 0.29) is 18.2 Å². The first-order valence-corrected chi connectivity index (χ1v) is 8.90. The number of nitro benzene ring substituents is 1. The van der Waals surface area contributed by atoms with Crippen LogP contribution >= 0.6 is 0 Å². The standard InChI is InChI=1S/C20H21N3O5/c1-15-2-5-17(12-19(15)23(25)26)21-13-16-3-6-18(7-4-16)28-14-20(24)22-8-10-27-11-9-22/h2-7,12-13H,8-11,14H2,1H3. The molecule has 0 unspecified atom stereocenters. The Morgan fingerprint density at radius 2 is 1.96 bits per heavy atom. The highest BCUT2D eigenvalue weighted by Crippen LogP contribution is 2.24. The van der Waals surface area contributed by atoms with Gasteiger partial charge in [0, 0.05) is 30.9 Å². The van der Waals surface area contributed by atoms with E-state index < -0.39 is 4.92 Å². The molecule has 1 aliphatic rings. The van der Waals surface area contributed by atoms with E-state index >= 15 is 0 Å². The Hall–Kier alpha value is -3.26. The summed E-state index contributed by atoms with van der Waals surface area (Å²) in [6, 6.07) is 12.0. The number of aliphatic imine (C=N–C) groups is 1. The summed E-state index contributed by atoms with van der Waals surface area (Å²) in [7, 11) is 0. The minimum Gasteiger partial charge on any atom is -0.484 e. The molecule has 1 heterocycles. The van der Waals surface area contributed by atoms with Crippen LogP contribution in [0.5, 0.6) is 5.75 Å². The second-order valence-electron chi connectivity index (χ2n) is 6.34. The predicted molar refractivity (Wildman–Crippen MR) is 104 cm³/mol. The SMILES string of the molecule is Cc1ccc(N=Cc2ccc(OCC(=O)N3CCOCC3)cc2)cc1[N+](=O)[O-]. The molecule has 1 saturated heterocycles. The molecule has 0 atom stereocenters. The summed E-state index contributed by atoms with van der Waals surface area (Å²) in [5.74, 6) is 0.527. The quantitative estimate of drug-likeness (QED) is 0.434. The summed E-state index contributed by atoms with van der Waals surface area (Å²) in [4.78, 5) is 28.7. The molecule has 0 spiro atoms. The summed E-state index contributed by atoms with van der Waals surface area (Å²) < 4.78 is 10.8. The number of amides is 1. The van der Waals surface area contributed by atoms with Crippen LogP contribution < -0.4 is 4.74 Å². The number of nitrogens with zero attached hydrogens (tertiary/aromatic N) is 3. The Kier molecular flexibility index (Phi) is 6.33. The van der Waals surface area contributed by atoms with E-state index in [1.807, 2.05) is 0 Å². The van der Waals surface area contributed by atoms with Gasteiger partial charge in [-0.25, -0.2) is 0 Å². The van der Waals surface area contributed by atoms with E-state index in [0.717, 1.165) is 5.56 Å². The van der Waals surface area contributed by atoms with E-state index in [9.17, 15) is 14.9 Å². The van der Waals surface area contributed by atoms with Crippen molar-refractivity contribution in [1.29, 1.82) is 0 Å². The molecule has 2 aromatic carbocycles. The lowest BCUT2D eigenvalue weighted by atomic mass is 10.2. The number of aryl methyl sites for hydroxylation is 1. The maximum Gasteiger partial charge on any atom is 0.274 e. The van der Waals surface area contributed by atoms with Crippen LogP contribution in [0.25, 0.3) is 0 Å². The topological polar surface area (TPSA) is 94.3 Å². The number of hydrogen-bond donors (Lipinski definition) is 0. The highest BCUT2D eigenvalue weighted by molar-refractivity contribution is 5.82. The van der Waals surface area contributed by atoms with Crippen molar-refractivity contribution in [2.45, 2.75) is 6.92 Å². The first kappa shape index (κ1) is 19.5. The van der Waals surface area contributed by atoms with Crippen LogP contribution in [-0.2, 0) is 9.53 Å². The van der Waals surface area contributed by atoms with E-state index in [1.54, 1.807) is 54.4 Å². The molecule has 0 bridgehead atoms. The van der Waals surface area contributed by atoms with Crippen molar-refractivity contribution < 1.29 is 19.2 Å². The first-order chi connectivity index (χ1) is 13.5. The zero-order chi connectivity index (χ0) is 19.9. The lowest BCUT2D eigenvalue weighted by molar-refractivity contribution is -0.385. The lowest BCUT2D eigenvalue weighted by Crippen LogP contribution is -2.42. The monoisotopic (exact) mass is 383 g/mol. The average Bonchev–Trinajstić information content (AvgIpc) is 2.72. The Bertz CT molecular complexity index is 874. The van der Waals surface area contributed by atoms with Gasteiger partial charge < -0.3 is 14.4 Å². The molecule has 0 N–H and O–H groups in total. The molecule has 0 aromatic heterocycles. The molecule has 0 saturated carbocycles. The van der Waals surface area contributed by atoms with Crippen molar-refractivity contribution >= 4 is 23.5 Å². The summed E-state index contributed by atoms with van der Waals surface area (Å²) in [5.41, 5.74) is 1.96. The van der Waals surface area contributed by atoms with Crippen molar-refractivity contribution in [1.82, 2.24) is 4.90 Å². The molecule has 1 fully saturated rings. The highest BCUT2D eigenvalue weighted by Gasteiger charge is 2.17. The number of carbonyl (C=O) groups excluding carboxylic acids is 1. The molecule has 8 heteroatoms. The number of benzene rings is 2. The van der Waals surface area contributed by atoms with Crippen molar-refractivity contribution in [2.24, 2.45) is 4.99 Å². The third-order valence-corrected chi connectivity index (χ3v) is 4.36. The van der Waals surface area contributed by atoms with Gasteiger partial charge in [0.2, 0.25) is 0 Å². The fraction of sp³-hybridized carbons (Fsp3) is 0.300. The van der Waals surface area contributed by atoms with Gasteiger partial charge in [-0.1, -0.05) is 6.07 Å². The number of hydrogen-bond acceptors (Lipinski definition) is 6. The molecule has 8 nitrogen and oxygen atoms in total. The van der Waals surface area contributed by atoms with Crippen LogP contribution in [0, 0.1) is 17.0 Å². The summed E-state index contributed by atoms with van der Waals surface area (Å²) in [6.07, 6.45) is 1.62. The molecule has 3 rings (SSSR count). The molecule has 146 valence electrons. The van der Waals surface area contributed by atoms with Gasteiger partial charge in [-0.15, -0.1) is 0 Å². The molecular weight excluding hydrogens is 362 g/mol. The first-order valence-electron chi connectivity index (χ1n) is 8.90. The number of ether oxygens (including phenoxy) is 2. The third kappa shape index (κ3) is 5.14. The minimum absolute atomic E-state index is 0.0134. The van der Waals surface area contributed by atoms with Crippen molar-refractivity contribution in [3.63, 3.8) is 0 Å². The maximum absolute atomic E-state index is 12.1. The fourth-order valence-electron chi connectivity index (χ4n) is 2.72. The number of morpholine rings is 1. The van der Waals surface area contributed by atoms with Gasteiger partial charge in [0.1, 0.15) is 5.75 Å². The van der Waals surface area contributed by atoms with Crippen LogP contribution in [0.3, 0.4) is 0 Å². The lowest BCUT2D eigenvalue weighted by Gasteiger charge is -2.26. The smallest absolute Gasteiger partial charge is 0.274 e. The third-order valence-electron chi connectivity index (χ3n) is 4.36. The number of carbonyl (C=O) groups is 1. The molecular formula is C20H21N3O5.